The Labute approximate surface area is 114 Å². The van der Waals surface area contributed by atoms with Gasteiger partial charge < -0.3 is 9.53 Å². The summed E-state index contributed by atoms with van der Waals surface area (Å²) < 4.78 is 19.5. The highest BCUT2D eigenvalue weighted by atomic mass is 19.1. The predicted molar refractivity (Wildman–Crippen MR) is 73.0 cm³/mol. The first kappa shape index (κ1) is 15.6. The fourth-order valence-corrected chi connectivity index (χ4v) is 1.88. The molecule has 0 aliphatic rings. The van der Waals surface area contributed by atoms with Crippen molar-refractivity contribution >= 4 is 6.29 Å². The van der Waals surface area contributed by atoms with Gasteiger partial charge in [-0.25, -0.2) is 4.39 Å². The molecule has 4 heteroatoms. The quantitative estimate of drug-likeness (QED) is 0.782. The summed E-state index contributed by atoms with van der Waals surface area (Å²) in [5.41, 5.74) is 0.685. The van der Waals surface area contributed by atoms with Crippen LogP contribution in [0.15, 0.2) is 6.20 Å². The van der Waals surface area contributed by atoms with Crippen LogP contribution in [0.5, 0.6) is 5.75 Å². The molecule has 1 aromatic rings. The van der Waals surface area contributed by atoms with E-state index in [1.54, 1.807) is 6.92 Å². The van der Waals surface area contributed by atoms with Crippen LogP contribution in [0.25, 0.3) is 0 Å². The molecule has 0 N–H and O–H groups in total. The van der Waals surface area contributed by atoms with E-state index in [2.05, 4.69) is 4.98 Å². The van der Waals surface area contributed by atoms with Gasteiger partial charge in [-0.3, -0.25) is 4.98 Å². The Kier molecular flexibility index (Phi) is 4.66. The summed E-state index contributed by atoms with van der Waals surface area (Å²) in [6, 6.07) is 0. The second kappa shape index (κ2) is 5.68. The van der Waals surface area contributed by atoms with E-state index in [-0.39, 0.29) is 17.6 Å². The summed E-state index contributed by atoms with van der Waals surface area (Å²) in [7, 11) is 0. The SMILES string of the molecule is Cc1c(C(C=O)C(C)C)ncc(F)c1OC(C)(C)C. The van der Waals surface area contributed by atoms with Crippen molar-refractivity contribution in [2.75, 3.05) is 0 Å². The summed E-state index contributed by atoms with van der Waals surface area (Å²) in [5.74, 6) is -0.547. The molecule has 1 heterocycles. The highest BCUT2D eigenvalue weighted by molar-refractivity contribution is 5.63. The number of carbonyl (C=O) groups excluding carboxylic acids is 1. The van der Waals surface area contributed by atoms with Gasteiger partial charge in [0.15, 0.2) is 11.6 Å². The van der Waals surface area contributed by atoms with Gasteiger partial charge >= 0.3 is 0 Å². The van der Waals surface area contributed by atoms with Crippen molar-refractivity contribution in [2.24, 2.45) is 5.92 Å². The molecule has 0 aliphatic heterocycles. The van der Waals surface area contributed by atoms with E-state index in [9.17, 15) is 9.18 Å². The number of hydrogen-bond donors (Lipinski definition) is 0. The summed E-state index contributed by atoms with van der Waals surface area (Å²) in [6.45, 7) is 11.2. The average molecular weight is 267 g/mol. The predicted octanol–water partition coefficient (Wildman–Crippen LogP) is 3.64. The van der Waals surface area contributed by atoms with Crippen molar-refractivity contribution in [1.29, 1.82) is 0 Å². The Morgan fingerprint density at radius 2 is 1.95 bits per heavy atom. The minimum Gasteiger partial charge on any atom is -0.485 e. The van der Waals surface area contributed by atoms with Crippen molar-refractivity contribution < 1.29 is 13.9 Å². The van der Waals surface area contributed by atoms with Crippen LogP contribution in [0, 0.1) is 18.7 Å². The van der Waals surface area contributed by atoms with Gasteiger partial charge in [0, 0.05) is 5.56 Å². The number of pyridine rings is 1. The summed E-state index contributed by atoms with van der Waals surface area (Å²) >= 11 is 0. The molecule has 0 spiro atoms. The van der Waals surface area contributed by atoms with Crippen molar-refractivity contribution in [1.82, 2.24) is 4.98 Å². The zero-order valence-electron chi connectivity index (χ0n) is 12.5. The van der Waals surface area contributed by atoms with Crippen LogP contribution in [0.1, 0.15) is 51.8 Å². The molecule has 19 heavy (non-hydrogen) atoms. The monoisotopic (exact) mass is 267 g/mol. The average Bonchev–Trinajstić information content (AvgIpc) is 2.26. The Morgan fingerprint density at radius 1 is 1.37 bits per heavy atom. The van der Waals surface area contributed by atoms with Crippen molar-refractivity contribution in [3.05, 3.63) is 23.3 Å². The van der Waals surface area contributed by atoms with E-state index >= 15 is 0 Å². The number of nitrogens with zero attached hydrogens (tertiary/aromatic N) is 1. The number of rotatable bonds is 4. The molecule has 0 bridgehead atoms. The van der Waals surface area contributed by atoms with E-state index < -0.39 is 11.4 Å². The van der Waals surface area contributed by atoms with Crippen LogP contribution in [-0.2, 0) is 4.79 Å². The van der Waals surface area contributed by atoms with Crippen molar-refractivity contribution in [3.63, 3.8) is 0 Å². The lowest BCUT2D eigenvalue weighted by molar-refractivity contribution is -0.109. The van der Waals surface area contributed by atoms with Crippen LogP contribution < -0.4 is 4.74 Å². The first-order valence-electron chi connectivity index (χ1n) is 6.46. The number of ether oxygens (including phenoxy) is 1. The van der Waals surface area contributed by atoms with Gasteiger partial charge in [-0.1, -0.05) is 13.8 Å². The molecular weight excluding hydrogens is 245 g/mol. The van der Waals surface area contributed by atoms with E-state index in [1.807, 2.05) is 34.6 Å². The molecule has 0 radical (unpaired) electrons. The third-order valence-corrected chi connectivity index (χ3v) is 2.85. The molecule has 1 rings (SSSR count). The Morgan fingerprint density at radius 3 is 2.37 bits per heavy atom. The first-order valence-corrected chi connectivity index (χ1v) is 6.46. The van der Waals surface area contributed by atoms with Gasteiger partial charge in [-0.05, 0) is 33.6 Å². The Bertz CT molecular complexity index is 464. The first-order chi connectivity index (χ1) is 8.67. The Balaban J connectivity index is 3.31. The minimum absolute atomic E-state index is 0.108. The summed E-state index contributed by atoms with van der Waals surface area (Å²) in [5, 5.41) is 0. The maximum atomic E-state index is 13.9. The zero-order chi connectivity index (χ0) is 14.8. The van der Waals surface area contributed by atoms with Crippen LogP contribution in [0.3, 0.4) is 0 Å². The number of halogens is 1. The van der Waals surface area contributed by atoms with Gasteiger partial charge in [-0.2, -0.15) is 0 Å². The fourth-order valence-electron chi connectivity index (χ4n) is 1.88. The lowest BCUT2D eigenvalue weighted by atomic mass is 9.91. The summed E-state index contributed by atoms with van der Waals surface area (Å²) in [4.78, 5) is 15.3. The van der Waals surface area contributed by atoms with Crippen molar-refractivity contribution in [2.45, 2.75) is 53.1 Å². The molecular formula is C15H22FNO2. The normalized spacial score (nSPS) is 13.5. The lowest BCUT2D eigenvalue weighted by Gasteiger charge is -2.25. The third-order valence-electron chi connectivity index (χ3n) is 2.85. The second-order valence-electron chi connectivity index (χ2n) is 6.07. The van der Waals surface area contributed by atoms with E-state index in [4.69, 9.17) is 4.74 Å². The number of carbonyl (C=O) groups is 1. The molecule has 0 saturated heterocycles. The molecule has 0 saturated carbocycles. The number of aldehydes is 1. The maximum Gasteiger partial charge on any atom is 0.183 e. The molecule has 3 nitrogen and oxygen atoms in total. The molecule has 106 valence electrons. The third kappa shape index (κ3) is 3.75. The van der Waals surface area contributed by atoms with Gasteiger partial charge in [0.2, 0.25) is 0 Å². The highest BCUT2D eigenvalue weighted by Gasteiger charge is 2.24. The minimum atomic E-state index is -0.501. The van der Waals surface area contributed by atoms with Gasteiger partial charge in [-0.15, -0.1) is 0 Å². The molecule has 1 atom stereocenters. The zero-order valence-corrected chi connectivity index (χ0v) is 12.5. The Hall–Kier alpha value is -1.45. The van der Waals surface area contributed by atoms with Gasteiger partial charge in [0.1, 0.15) is 11.9 Å². The standard InChI is InChI=1S/C15H22FNO2/c1-9(2)11(8-18)13-10(3)14(12(16)7-17-13)19-15(4,5)6/h7-9,11H,1-6H3. The highest BCUT2D eigenvalue weighted by Crippen LogP contribution is 2.32. The largest absolute Gasteiger partial charge is 0.485 e. The van der Waals surface area contributed by atoms with Crippen LogP contribution in [0.2, 0.25) is 0 Å². The number of hydrogen-bond acceptors (Lipinski definition) is 3. The molecule has 1 unspecified atom stereocenters. The van der Waals surface area contributed by atoms with Crippen molar-refractivity contribution in [3.8, 4) is 5.75 Å². The fraction of sp³-hybridized carbons (Fsp3) is 0.600. The van der Waals surface area contributed by atoms with Crippen LogP contribution in [-0.4, -0.2) is 16.9 Å². The smallest absolute Gasteiger partial charge is 0.183 e. The van der Waals surface area contributed by atoms with Crippen LogP contribution >= 0.6 is 0 Å². The second-order valence-corrected chi connectivity index (χ2v) is 6.07. The lowest BCUT2D eigenvalue weighted by Crippen LogP contribution is -2.25. The van der Waals surface area contributed by atoms with Gasteiger partial charge in [0.05, 0.1) is 17.8 Å². The van der Waals surface area contributed by atoms with Crippen LogP contribution in [0.4, 0.5) is 4.39 Å². The number of aromatic nitrogens is 1. The van der Waals surface area contributed by atoms with E-state index in [1.165, 1.54) is 0 Å². The van der Waals surface area contributed by atoms with E-state index in [0.717, 1.165) is 12.5 Å². The molecule has 0 aromatic carbocycles. The molecule has 0 aliphatic carbocycles. The maximum absolute atomic E-state index is 13.9. The summed E-state index contributed by atoms with van der Waals surface area (Å²) in [6.07, 6.45) is 1.99. The molecule has 0 amide bonds. The van der Waals surface area contributed by atoms with E-state index in [0.29, 0.717) is 11.3 Å². The molecule has 0 fully saturated rings. The topological polar surface area (TPSA) is 39.2 Å². The molecule has 1 aromatic heterocycles. The van der Waals surface area contributed by atoms with Gasteiger partial charge in [0.25, 0.3) is 0 Å².